The van der Waals surface area contributed by atoms with Gasteiger partial charge in [0.15, 0.2) is 0 Å². The van der Waals surface area contributed by atoms with E-state index in [9.17, 15) is 14.7 Å². The summed E-state index contributed by atoms with van der Waals surface area (Å²) in [7, 11) is 1.26. The van der Waals surface area contributed by atoms with E-state index in [1.165, 1.54) is 12.0 Å². The van der Waals surface area contributed by atoms with Gasteiger partial charge in [-0.15, -0.1) is 0 Å². The lowest BCUT2D eigenvalue weighted by Crippen LogP contribution is -2.45. The molecule has 6 heteroatoms. The Kier molecular flexibility index (Phi) is 4.21. The number of esters is 1. The Balaban J connectivity index is 2.86. The molecule has 0 radical (unpaired) electrons. The number of amides is 1. The van der Waals surface area contributed by atoms with Crippen molar-refractivity contribution in [1.29, 1.82) is 0 Å². The molecule has 0 aromatic carbocycles. The monoisotopic (exact) mass is 259 g/mol. The number of hydrogen-bond donors (Lipinski definition) is 1. The summed E-state index contributed by atoms with van der Waals surface area (Å²) in [6, 6.07) is -0.792. The second-order valence-electron chi connectivity index (χ2n) is 5.53. The maximum Gasteiger partial charge on any atom is 0.411 e. The molecular weight excluding hydrogens is 238 g/mol. The standard InChI is InChI=1S/C12H21NO5/c1-7-8(14)6-13(9(7)10(15)17-5)11(16)18-12(2,3)4/h7-9,14H,6H2,1-5H3. The van der Waals surface area contributed by atoms with Crippen LogP contribution in [-0.2, 0) is 14.3 Å². The van der Waals surface area contributed by atoms with Gasteiger partial charge in [-0.05, 0) is 20.8 Å². The number of hydrogen-bond acceptors (Lipinski definition) is 5. The summed E-state index contributed by atoms with van der Waals surface area (Å²) in [5.74, 6) is -0.908. The van der Waals surface area contributed by atoms with Crippen LogP contribution >= 0.6 is 0 Å². The minimum Gasteiger partial charge on any atom is -0.467 e. The summed E-state index contributed by atoms with van der Waals surface area (Å²) in [6.07, 6.45) is -1.36. The quantitative estimate of drug-likeness (QED) is 0.704. The lowest BCUT2D eigenvalue weighted by atomic mass is 10.0. The molecule has 1 fully saturated rings. The van der Waals surface area contributed by atoms with Crippen LogP contribution in [0.1, 0.15) is 27.7 Å². The molecule has 1 N–H and O–H groups in total. The van der Waals surface area contributed by atoms with Gasteiger partial charge in [0.05, 0.1) is 19.8 Å². The van der Waals surface area contributed by atoms with Gasteiger partial charge in [0.1, 0.15) is 11.6 Å². The largest absolute Gasteiger partial charge is 0.467 e. The van der Waals surface area contributed by atoms with Crippen LogP contribution in [0, 0.1) is 5.92 Å². The maximum absolute atomic E-state index is 12.0. The lowest BCUT2D eigenvalue weighted by Gasteiger charge is -2.28. The van der Waals surface area contributed by atoms with Crippen molar-refractivity contribution in [3.8, 4) is 0 Å². The van der Waals surface area contributed by atoms with E-state index >= 15 is 0 Å². The summed E-state index contributed by atoms with van der Waals surface area (Å²) in [5.41, 5.74) is -0.644. The molecule has 1 aliphatic rings. The molecule has 1 saturated heterocycles. The number of likely N-dealkylation sites (tertiary alicyclic amines) is 1. The Hall–Kier alpha value is -1.30. The fourth-order valence-electron chi connectivity index (χ4n) is 1.95. The Morgan fingerprint density at radius 3 is 2.33 bits per heavy atom. The zero-order valence-corrected chi connectivity index (χ0v) is 11.5. The number of carbonyl (C=O) groups excluding carboxylic acids is 2. The molecule has 1 aliphatic heterocycles. The van der Waals surface area contributed by atoms with Crippen LogP contribution in [0.5, 0.6) is 0 Å². The second kappa shape index (κ2) is 5.14. The Morgan fingerprint density at radius 1 is 1.33 bits per heavy atom. The number of carbonyl (C=O) groups is 2. The predicted molar refractivity (Wildman–Crippen MR) is 63.9 cm³/mol. The van der Waals surface area contributed by atoms with Crippen LogP contribution in [0.3, 0.4) is 0 Å². The van der Waals surface area contributed by atoms with Crippen molar-refractivity contribution in [1.82, 2.24) is 4.90 Å². The van der Waals surface area contributed by atoms with Gasteiger partial charge in [0.25, 0.3) is 0 Å². The highest BCUT2D eigenvalue weighted by Gasteiger charge is 2.46. The zero-order valence-electron chi connectivity index (χ0n) is 11.5. The van der Waals surface area contributed by atoms with Crippen molar-refractivity contribution >= 4 is 12.1 Å². The van der Waals surface area contributed by atoms with Gasteiger partial charge in [0.2, 0.25) is 0 Å². The van der Waals surface area contributed by atoms with E-state index in [2.05, 4.69) is 4.74 Å². The molecule has 0 saturated carbocycles. The molecule has 1 rings (SSSR count). The van der Waals surface area contributed by atoms with Crippen molar-refractivity contribution in [3.05, 3.63) is 0 Å². The van der Waals surface area contributed by atoms with Crippen LogP contribution in [0.4, 0.5) is 4.79 Å². The Bertz CT molecular complexity index is 336. The van der Waals surface area contributed by atoms with Gasteiger partial charge in [-0.1, -0.05) is 6.92 Å². The number of aliphatic hydroxyl groups is 1. The number of ether oxygens (including phenoxy) is 2. The van der Waals surface area contributed by atoms with Crippen LogP contribution in [0.25, 0.3) is 0 Å². The van der Waals surface area contributed by atoms with E-state index in [-0.39, 0.29) is 12.5 Å². The third-order valence-corrected chi connectivity index (χ3v) is 2.90. The minimum absolute atomic E-state index is 0.0792. The van der Waals surface area contributed by atoms with E-state index < -0.39 is 29.8 Å². The van der Waals surface area contributed by atoms with Crippen molar-refractivity contribution in [2.45, 2.75) is 45.4 Å². The molecule has 0 aromatic rings. The maximum atomic E-state index is 12.0. The lowest BCUT2D eigenvalue weighted by molar-refractivity contribution is -0.147. The highest BCUT2D eigenvalue weighted by molar-refractivity contribution is 5.82. The van der Waals surface area contributed by atoms with Gasteiger partial charge in [-0.2, -0.15) is 0 Å². The molecule has 3 unspecified atom stereocenters. The Morgan fingerprint density at radius 2 is 1.89 bits per heavy atom. The van der Waals surface area contributed by atoms with Gasteiger partial charge in [-0.3, -0.25) is 4.90 Å². The first kappa shape index (κ1) is 14.8. The molecule has 104 valence electrons. The van der Waals surface area contributed by atoms with Crippen molar-refractivity contribution in [3.63, 3.8) is 0 Å². The van der Waals surface area contributed by atoms with Gasteiger partial charge >= 0.3 is 12.1 Å². The zero-order chi connectivity index (χ0) is 14.1. The SMILES string of the molecule is COC(=O)C1C(C)C(O)CN1C(=O)OC(C)(C)C. The van der Waals surface area contributed by atoms with E-state index in [0.29, 0.717) is 0 Å². The van der Waals surface area contributed by atoms with Crippen molar-refractivity contribution < 1.29 is 24.2 Å². The summed E-state index contributed by atoms with van der Waals surface area (Å²) in [4.78, 5) is 24.9. The number of aliphatic hydroxyl groups excluding tert-OH is 1. The van der Waals surface area contributed by atoms with Crippen LogP contribution in [0.2, 0.25) is 0 Å². The first-order valence-corrected chi connectivity index (χ1v) is 5.93. The fraction of sp³-hybridized carbons (Fsp3) is 0.833. The van der Waals surface area contributed by atoms with Crippen LogP contribution in [0.15, 0.2) is 0 Å². The first-order valence-electron chi connectivity index (χ1n) is 5.93. The topological polar surface area (TPSA) is 76.1 Å². The third kappa shape index (κ3) is 3.13. The fourth-order valence-corrected chi connectivity index (χ4v) is 1.95. The molecule has 18 heavy (non-hydrogen) atoms. The smallest absolute Gasteiger partial charge is 0.411 e. The molecule has 1 heterocycles. The number of β-amino-alcohol motifs (C(OH)–C–C–N with tert-alkyl or cyclic N) is 1. The van der Waals surface area contributed by atoms with Crippen LogP contribution < -0.4 is 0 Å². The van der Waals surface area contributed by atoms with Crippen molar-refractivity contribution in [2.24, 2.45) is 5.92 Å². The highest BCUT2D eigenvalue weighted by atomic mass is 16.6. The summed E-state index contributed by atoms with van der Waals surface area (Å²) >= 11 is 0. The summed E-state index contributed by atoms with van der Waals surface area (Å²) < 4.78 is 9.88. The van der Waals surface area contributed by atoms with Gasteiger partial charge < -0.3 is 14.6 Å². The molecule has 1 amide bonds. The summed E-state index contributed by atoms with van der Waals surface area (Å²) in [5, 5.41) is 9.77. The molecule has 3 atom stereocenters. The van der Waals surface area contributed by atoms with Gasteiger partial charge in [0, 0.05) is 5.92 Å². The molecular formula is C12H21NO5. The van der Waals surface area contributed by atoms with E-state index in [4.69, 9.17) is 4.74 Å². The minimum atomic E-state index is -0.792. The molecule has 0 bridgehead atoms. The second-order valence-corrected chi connectivity index (χ2v) is 5.53. The van der Waals surface area contributed by atoms with E-state index in [1.807, 2.05) is 0 Å². The number of rotatable bonds is 1. The molecule has 6 nitrogen and oxygen atoms in total. The first-order chi connectivity index (χ1) is 8.17. The average Bonchev–Trinajstić information content (AvgIpc) is 2.52. The normalized spacial score (nSPS) is 28.1. The third-order valence-electron chi connectivity index (χ3n) is 2.90. The van der Waals surface area contributed by atoms with E-state index in [1.54, 1.807) is 27.7 Å². The van der Waals surface area contributed by atoms with Crippen LogP contribution in [-0.4, -0.2) is 53.5 Å². The number of nitrogens with zero attached hydrogens (tertiary/aromatic N) is 1. The van der Waals surface area contributed by atoms with Crippen molar-refractivity contribution in [2.75, 3.05) is 13.7 Å². The average molecular weight is 259 g/mol. The number of methoxy groups -OCH3 is 1. The summed E-state index contributed by atoms with van der Waals surface area (Å²) in [6.45, 7) is 7.02. The predicted octanol–water partition coefficient (Wildman–Crippen LogP) is 0.776. The Labute approximate surface area is 107 Å². The highest BCUT2D eigenvalue weighted by Crippen LogP contribution is 2.27. The van der Waals surface area contributed by atoms with Gasteiger partial charge in [-0.25, -0.2) is 9.59 Å². The molecule has 0 spiro atoms. The van der Waals surface area contributed by atoms with E-state index in [0.717, 1.165) is 0 Å². The molecule has 0 aliphatic carbocycles. The molecule has 0 aromatic heterocycles.